The fourth-order valence-electron chi connectivity index (χ4n) is 2.13. The summed E-state index contributed by atoms with van der Waals surface area (Å²) in [5, 5.41) is 0.105. The summed E-state index contributed by atoms with van der Waals surface area (Å²) in [4.78, 5) is 0. The summed E-state index contributed by atoms with van der Waals surface area (Å²) in [6.45, 7) is 12.9. The quantitative estimate of drug-likeness (QED) is 0.598. The number of rotatable bonds is 1. The third kappa shape index (κ3) is 1.68. The van der Waals surface area contributed by atoms with Crippen molar-refractivity contribution in [3.05, 3.63) is 33.4 Å². The van der Waals surface area contributed by atoms with Crippen LogP contribution in [0.5, 0.6) is 0 Å². The Morgan fingerprint density at radius 2 is 1.00 bits per heavy atom. The van der Waals surface area contributed by atoms with Gasteiger partial charge in [0.2, 0.25) is 0 Å². The molecular weight excluding hydrogens is 192 g/mol. The predicted octanol–water partition coefficient (Wildman–Crippen LogP) is 4.53. The average molecular weight is 211 g/mol. The molecule has 0 aliphatic rings. The SMILES string of the molecule is Cc1c(C)c(C)c(C(C)Cl)c(C)c1C. The third-order valence-corrected chi connectivity index (χ3v) is 3.67. The lowest BCUT2D eigenvalue weighted by atomic mass is 9.88. The zero-order valence-electron chi connectivity index (χ0n) is 9.96. The number of hydrogen-bond donors (Lipinski definition) is 0. The van der Waals surface area contributed by atoms with Gasteiger partial charge in [-0.25, -0.2) is 0 Å². The molecule has 0 fully saturated rings. The van der Waals surface area contributed by atoms with Crippen LogP contribution in [0.15, 0.2) is 0 Å². The van der Waals surface area contributed by atoms with E-state index in [1.165, 1.54) is 33.4 Å². The second-order valence-corrected chi connectivity index (χ2v) is 4.81. The van der Waals surface area contributed by atoms with Crippen LogP contribution in [-0.2, 0) is 0 Å². The monoisotopic (exact) mass is 210 g/mol. The van der Waals surface area contributed by atoms with Gasteiger partial charge in [-0.3, -0.25) is 0 Å². The molecule has 1 aromatic carbocycles. The van der Waals surface area contributed by atoms with Crippen molar-refractivity contribution in [2.45, 2.75) is 46.9 Å². The van der Waals surface area contributed by atoms with E-state index in [-0.39, 0.29) is 5.38 Å². The minimum atomic E-state index is 0.105. The fourth-order valence-corrected chi connectivity index (χ4v) is 2.45. The smallest absolute Gasteiger partial charge is 0.0562 e. The van der Waals surface area contributed by atoms with Crippen molar-refractivity contribution in [2.75, 3.05) is 0 Å². The Kier molecular flexibility index (Phi) is 3.26. The normalized spacial score (nSPS) is 13.1. The molecular formula is C13H19Cl. The van der Waals surface area contributed by atoms with E-state index in [1.54, 1.807) is 0 Å². The Morgan fingerprint density at radius 1 is 0.714 bits per heavy atom. The maximum Gasteiger partial charge on any atom is 0.0562 e. The van der Waals surface area contributed by atoms with Gasteiger partial charge < -0.3 is 0 Å². The zero-order valence-corrected chi connectivity index (χ0v) is 10.7. The topological polar surface area (TPSA) is 0 Å². The summed E-state index contributed by atoms with van der Waals surface area (Å²) in [6, 6.07) is 0. The Bertz CT molecular complexity index is 333. The van der Waals surface area contributed by atoms with Crippen LogP contribution < -0.4 is 0 Å². The highest BCUT2D eigenvalue weighted by molar-refractivity contribution is 6.20. The molecule has 0 saturated heterocycles. The van der Waals surface area contributed by atoms with Crippen LogP contribution >= 0.6 is 11.6 Å². The van der Waals surface area contributed by atoms with Gasteiger partial charge in [-0.05, 0) is 74.9 Å². The molecule has 0 aromatic heterocycles. The largest absolute Gasteiger partial charge is 0.118 e. The van der Waals surface area contributed by atoms with Gasteiger partial charge in [-0.2, -0.15) is 0 Å². The number of hydrogen-bond acceptors (Lipinski definition) is 0. The molecule has 0 bridgehead atoms. The summed E-state index contributed by atoms with van der Waals surface area (Å²) in [5.41, 5.74) is 8.20. The first-order valence-corrected chi connectivity index (χ1v) is 5.52. The van der Waals surface area contributed by atoms with Crippen molar-refractivity contribution in [3.8, 4) is 0 Å². The molecule has 1 aromatic rings. The molecule has 0 aliphatic carbocycles. The van der Waals surface area contributed by atoms with Crippen LogP contribution in [0, 0.1) is 34.6 Å². The van der Waals surface area contributed by atoms with Crippen LogP contribution in [0.4, 0.5) is 0 Å². The van der Waals surface area contributed by atoms with E-state index in [4.69, 9.17) is 11.6 Å². The van der Waals surface area contributed by atoms with Crippen LogP contribution in [0.25, 0.3) is 0 Å². The first-order chi connectivity index (χ1) is 6.37. The second kappa shape index (κ2) is 3.94. The molecule has 1 unspecified atom stereocenters. The van der Waals surface area contributed by atoms with E-state index in [1.807, 2.05) is 6.92 Å². The molecule has 0 saturated carbocycles. The molecule has 0 radical (unpaired) electrons. The highest BCUT2D eigenvalue weighted by Crippen LogP contribution is 2.32. The summed E-state index contributed by atoms with van der Waals surface area (Å²) in [7, 11) is 0. The summed E-state index contributed by atoms with van der Waals surface area (Å²) in [5.74, 6) is 0. The molecule has 0 amide bonds. The molecule has 0 heterocycles. The minimum absolute atomic E-state index is 0.105. The van der Waals surface area contributed by atoms with E-state index < -0.39 is 0 Å². The maximum absolute atomic E-state index is 6.21. The van der Waals surface area contributed by atoms with Crippen LogP contribution in [0.3, 0.4) is 0 Å². The van der Waals surface area contributed by atoms with E-state index in [0.717, 1.165) is 0 Å². The Morgan fingerprint density at radius 3 is 1.29 bits per heavy atom. The van der Waals surface area contributed by atoms with Crippen LogP contribution in [0.2, 0.25) is 0 Å². The highest BCUT2D eigenvalue weighted by Gasteiger charge is 2.15. The van der Waals surface area contributed by atoms with Crippen molar-refractivity contribution >= 4 is 11.6 Å². The lowest BCUT2D eigenvalue weighted by Gasteiger charge is -2.19. The summed E-state index contributed by atoms with van der Waals surface area (Å²) in [6.07, 6.45) is 0. The molecule has 0 N–H and O–H groups in total. The first kappa shape index (κ1) is 11.6. The van der Waals surface area contributed by atoms with Crippen molar-refractivity contribution in [2.24, 2.45) is 0 Å². The molecule has 0 nitrogen and oxygen atoms in total. The molecule has 1 rings (SSSR count). The fraction of sp³-hybridized carbons (Fsp3) is 0.538. The minimum Gasteiger partial charge on any atom is -0.118 e. The van der Waals surface area contributed by atoms with Crippen molar-refractivity contribution in [1.82, 2.24) is 0 Å². The van der Waals surface area contributed by atoms with E-state index in [0.29, 0.717) is 0 Å². The Labute approximate surface area is 92.3 Å². The lowest BCUT2D eigenvalue weighted by Crippen LogP contribution is -2.03. The highest BCUT2D eigenvalue weighted by atomic mass is 35.5. The van der Waals surface area contributed by atoms with Crippen LogP contribution in [-0.4, -0.2) is 0 Å². The molecule has 0 aliphatic heterocycles. The first-order valence-electron chi connectivity index (χ1n) is 5.08. The Balaban J connectivity index is 3.60. The molecule has 1 heteroatoms. The Hall–Kier alpha value is -0.490. The number of benzene rings is 1. The van der Waals surface area contributed by atoms with Crippen molar-refractivity contribution in [1.29, 1.82) is 0 Å². The molecule has 1 atom stereocenters. The zero-order chi connectivity index (χ0) is 11.0. The van der Waals surface area contributed by atoms with Gasteiger partial charge in [0.1, 0.15) is 0 Å². The lowest BCUT2D eigenvalue weighted by molar-refractivity contribution is 1.00. The van der Waals surface area contributed by atoms with Crippen molar-refractivity contribution < 1.29 is 0 Å². The number of halogens is 1. The number of alkyl halides is 1. The summed E-state index contributed by atoms with van der Waals surface area (Å²) >= 11 is 6.21. The second-order valence-electron chi connectivity index (χ2n) is 4.15. The standard InChI is InChI=1S/C13H19Cl/c1-7-8(2)10(4)13(12(6)14)11(5)9(7)3/h12H,1-6H3. The van der Waals surface area contributed by atoms with Gasteiger partial charge >= 0.3 is 0 Å². The van der Waals surface area contributed by atoms with E-state index in [2.05, 4.69) is 34.6 Å². The third-order valence-electron chi connectivity index (χ3n) is 3.46. The molecule has 78 valence electrons. The van der Waals surface area contributed by atoms with Gasteiger partial charge in [0, 0.05) is 0 Å². The van der Waals surface area contributed by atoms with Gasteiger partial charge in [-0.15, -0.1) is 11.6 Å². The van der Waals surface area contributed by atoms with E-state index >= 15 is 0 Å². The van der Waals surface area contributed by atoms with Gasteiger partial charge in [0.25, 0.3) is 0 Å². The van der Waals surface area contributed by atoms with Gasteiger partial charge in [-0.1, -0.05) is 0 Å². The van der Waals surface area contributed by atoms with E-state index in [9.17, 15) is 0 Å². The van der Waals surface area contributed by atoms with Crippen LogP contribution in [0.1, 0.15) is 45.7 Å². The molecule has 0 spiro atoms. The predicted molar refractivity (Wildman–Crippen MR) is 64.4 cm³/mol. The molecule has 14 heavy (non-hydrogen) atoms. The van der Waals surface area contributed by atoms with Gasteiger partial charge in [0.05, 0.1) is 5.38 Å². The summed E-state index contributed by atoms with van der Waals surface area (Å²) < 4.78 is 0. The van der Waals surface area contributed by atoms with Crippen molar-refractivity contribution in [3.63, 3.8) is 0 Å². The maximum atomic E-state index is 6.21. The average Bonchev–Trinajstić information content (AvgIpc) is 2.11. The van der Waals surface area contributed by atoms with Gasteiger partial charge in [0.15, 0.2) is 0 Å².